The summed E-state index contributed by atoms with van der Waals surface area (Å²) in [5.74, 6) is 1.01. The highest BCUT2D eigenvalue weighted by atomic mass is 32.1. The van der Waals surface area contributed by atoms with Crippen LogP contribution in [0.2, 0.25) is 0 Å². The quantitative estimate of drug-likeness (QED) is 0.756. The maximum atomic E-state index is 5.82. The molecule has 0 atom stereocenters. The van der Waals surface area contributed by atoms with Gasteiger partial charge in [0, 0.05) is 6.04 Å². The Bertz CT molecular complexity index is 694. The number of imidazole rings is 1. The van der Waals surface area contributed by atoms with E-state index in [0.29, 0.717) is 6.04 Å². The van der Waals surface area contributed by atoms with Crippen LogP contribution in [0, 0.1) is 0 Å². The Balaban J connectivity index is 2.31. The molecule has 2 aromatic heterocycles. The van der Waals surface area contributed by atoms with E-state index in [1.54, 1.807) is 11.3 Å². The van der Waals surface area contributed by atoms with Crippen LogP contribution in [0.4, 0.5) is 5.00 Å². The summed E-state index contributed by atoms with van der Waals surface area (Å²) in [6.45, 7) is 4.35. The summed E-state index contributed by atoms with van der Waals surface area (Å²) in [6, 6.07) is 12.6. The van der Waals surface area contributed by atoms with Crippen LogP contribution in [-0.4, -0.2) is 9.55 Å². The van der Waals surface area contributed by atoms with Crippen molar-refractivity contribution < 1.29 is 0 Å². The number of fused-ring (bicyclic) bond motifs is 1. The molecule has 0 bridgehead atoms. The molecule has 0 saturated carbocycles. The van der Waals surface area contributed by atoms with E-state index in [1.807, 2.05) is 18.2 Å². The van der Waals surface area contributed by atoms with Gasteiger partial charge in [-0.2, -0.15) is 0 Å². The standard InChI is InChI=1S/C14H15N3S/c1-9(2)17-11-6-4-3-5-10(11)16-14(17)12-7-8-13(15)18-12/h3-9H,15H2,1-2H3. The number of rotatable bonds is 2. The predicted molar refractivity (Wildman–Crippen MR) is 77.8 cm³/mol. The van der Waals surface area contributed by atoms with Crippen molar-refractivity contribution in [3.63, 3.8) is 0 Å². The highest BCUT2D eigenvalue weighted by Crippen LogP contribution is 2.33. The zero-order chi connectivity index (χ0) is 12.7. The highest BCUT2D eigenvalue weighted by Gasteiger charge is 2.15. The number of nitrogen functional groups attached to an aromatic ring is 1. The van der Waals surface area contributed by atoms with Crippen LogP contribution in [0.1, 0.15) is 19.9 Å². The monoisotopic (exact) mass is 257 g/mol. The fraction of sp³-hybridized carbons (Fsp3) is 0.214. The lowest BCUT2D eigenvalue weighted by atomic mass is 10.3. The number of thiophene rings is 1. The Morgan fingerprint density at radius 3 is 2.61 bits per heavy atom. The van der Waals surface area contributed by atoms with Gasteiger partial charge in [-0.3, -0.25) is 0 Å². The van der Waals surface area contributed by atoms with Crippen LogP contribution in [-0.2, 0) is 0 Å². The summed E-state index contributed by atoms with van der Waals surface area (Å²) in [4.78, 5) is 5.86. The Hall–Kier alpha value is -1.81. The molecular formula is C14H15N3S. The first-order valence-corrected chi connectivity index (χ1v) is 6.81. The van der Waals surface area contributed by atoms with Crippen LogP contribution in [0.25, 0.3) is 21.7 Å². The second-order valence-electron chi connectivity index (χ2n) is 4.59. The zero-order valence-electron chi connectivity index (χ0n) is 10.4. The van der Waals surface area contributed by atoms with E-state index >= 15 is 0 Å². The van der Waals surface area contributed by atoms with Gasteiger partial charge in [-0.25, -0.2) is 4.98 Å². The fourth-order valence-electron chi connectivity index (χ4n) is 2.21. The molecule has 0 spiro atoms. The van der Waals surface area contributed by atoms with Gasteiger partial charge in [0.1, 0.15) is 0 Å². The summed E-state index contributed by atoms with van der Waals surface area (Å²) in [5, 5.41) is 0.826. The van der Waals surface area contributed by atoms with Crippen molar-refractivity contribution in [1.82, 2.24) is 9.55 Å². The lowest BCUT2D eigenvalue weighted by Gasteiger charge is -2.11. The average Bonchev–Trinajstić information content (AvgIpc) is 2.91. The van der Waals surface area contributed by atoms with E-state index in [1.165, 1.54) is 5.52 Å². The lowest BCUT2D eigenvalue weighted by Crippen LogP contribution is -2.02. The molecule has 1 aromatic carbocycles. The molecule has 0 amide bonds. The second-order valence-corrected chi connectivity index (χ2v) is 5.71. The summed E-state index contributed by atoms with van der Waals surface area (Å²) in [5.41, 5.74) is 8.03. The van der Waals surface area contributed by atoms with Crippen LogP contribution >= 0.6 is 11.3 Å². The molecule has 0 unspecified atom stereocenters. The van der Waals surface area contributed by atoms with Gasteiger partial charge < -0.3 is 10.3 Å². The number of benzene rings is 1. The molecule has 3 nitrogen and oxygen atoms in total. The molecule has 3 aromatic rings. The SMILES string of the molecule is CC(C)n1c(-c2ccc(N)s2)nc2ccccc21. The fourth-order valence-corrected chi connectivity index (χ4v) is 2.98. The van der Waals surface area contributed by atoms with Gasteiger partial charge in [0.15, 0.2) is 5.82 Å². The highest BCUT2D eigenvalue weighted by molar-refractivity contribution is 7.19. The number of anilines is 1. The van der Waals surface area contributed by atoms with E-state index in [9.17, 15) is 0 Å². The maximum absolute atomic E-state index is 5.82. The van der Waals surface area contributed by atoms with Crippen molar-refractivity contribution in [3.05, 3.63) is 36.4 Å². The van der Waals surface area contributed by atoms with Gasteiger partial charge in [0.2, 0.25) is 0 Å². The van der Waals surface area contributed by atoms with Gasteiger partial charge in [-0.1, -0.05) is 12.1 Å². The van der Waals surface area contributed by atoms with Crippen LogP contribution in [0.3, 0.4) is 0 Å². The smallest absolute Gasteiger partial charge is 0.151 e. The molecule has 92 valence electrons. The predicted octanol–water partition coefficient (Wildman–Crippen LogP) is 3.93. The van der Waals surface area contributed by atoms with Gasteiger partial charge in [0.05, 0.1) is 20.9 Å². The Labute approximate surface area is 110 Å². The number of para-hydroxylation sites is 2. The van der Waals surface area contributed by atoms with Crippen molar-refractivity contribution in [3.8, 4) is 10.7 Å². The van der Waals surface area contributed by atoms with Crippen molar-refractivity contribution >= 4 is 27.4 Å². The van der Waals surface area contributed by atoms with Gasteiger partial charge in [-0.15, -0.1) is 11.3 Å². The van der Waals surface area contributed by atoms with Crippen molar-refractivity contribution in [2.45, 2.75) is 19.9 Å². The van der Waals surface area contributed by atoms with E-state index in [0.717, 1.165) is 21.2 Å². The summed E-state index contributed by atoms with van der Waals surface area (Å²) in [6.07, 6.45) is 0. The topological polar surface area (TPSA) is 43.8 Å². The van der Waals surface area contributed by atoms with Crippen LogP contribution in [0.5, 0.6) is 0 Å². The summed E-state index contributed by atoms with van der Waals surface area (Å²) >= 11 is 1.58. The number of nitrogens with two attached hydrogens (primary N) is 1. The molecule has 4 heteroatoms. The van der Waals surface area contributed by atoms with Crippen molar-refractivity contribution in [1.29, 1.82) is 0 Å². The number of hydrogen-bond acceptors (Lipinski definition) is 3. The number of hydrogen-bond donors (Lipinski definition) is 1. The molecule has 0 radical (unpaired) electrons. The number of aromatic nitrogens is 2. The minimum absolute atomic E-state index is 0.371. The van der Waals surface area contributed by atoms with Crippen LogP contribution < -0.4 is 5.73 Å². The minimum Gasteiger partial charge on any atom is -0.391 e. The molecule has 0 aliphatic carbocycles. The van der Waals surface area contributed by atoms with E-state index in [2.05, 4.69) is 36.6 Å². The minimum atomic E-state index is 0.371. The lowest BCUT2D eigenvalue weighted by molar-refractivity contribution is 0.625. The Morgan fingerprint density at radius 1 is 1.17 bits per heavy atom. The third-order valence-electron chi connectivity index (χ3n) is 2.96. The van der Waals surface area contributed by atoms with Gasteiger partial charge in [-0.05, 0) is 38.1 Å². The molecule has 2 N–H and O–H groups in total. The van der Waals surface area contributed by atoms with Crippen LogP contribution in [0.15, 0.2) is 36.4 Å². The largest absolute Gasteiger partial charge is 0.391 e. The molecular weight excluding hydrogens is 242 g/mol. The molecule has 0 aliphatic rings. The van der Waals surface area contributed by atoms with Gasteiger partial charge >= 0.3 is 0 Å². The second kappa shape index (κ2) is 4.14. The van der Waals surface area contributed by atoms with Crippen molar-refractivity contribution in [2.24, 2.45) is 0 Å². The average molecular weight is 257 g/mol. The maximum Gasteiger partial charge on any atom is 0.151 e. The normalized spacial score (nSPS) is 11.5. The van der Waals surface area contributed by atoms with Gasteiger partial charge in [0.25, 0.3) is 0 Å². The first kappa shape index (κ1) is 11.3. The summed E-state index contributed by atoms with van der Waals surface area (Å²) in [7, 11) is 0. The Morgan fingerprint density at radius 2 is 1.94 bits per heavy atom. The number of nitrogens with zero attached hydrogens (tertiary/aromatic N) is 2. The summed E-state index contributed by atoms with van der Waals surface area (Å²) < 4.78 is 2.26. The molecule has 18 heavy (non-hydrogen) atoms. The third kappa shape index (κ3) is 1.69. The van der Waals surface area contributed by atoms with E-state index in [-0.39, 0.29) is 0 Å². The van der Waals surface area contributed by atoms with E-state index < -0.39 is 0 Å². The molecule has 2 heterocycles. The van der Waals surface area contributed by atoms with Crippen molar-refractivity contribution in [2.75, 3.05) is 5.73 Å². The first-order valence-electron chi connectivity index (χ1n) is 5.99. The molecule has 0 saturated heterocycles. The Kier molecular flexibility index (Phi) is 2.59. The molecule has 0 fully saturated rings. The molecule has 0 aliphatic heterocycles. The zero-order valence-corrected chi connectivity index (χ0v) is 11.2. The van der Waals surface area contributed by atoms with E-state index in [4.69, 9.17) is 10.7 Å². The third-order valence-corrected chi connectivity index (χ3v) is 3.87. The molecule has 3 rings (SSSR count). The first-order chi connectivity index (χ1) is 8.66.